The minimum absolute atomic E-state index is 0.0581. The number of amides is 2. The molecule has 3 rings (SSSR count). The lowest BCUT2D eigenvalue weighted by molar-refractivity contribution is -0.140. The second-order valence-corrected chi connectivity index (χ2v) is 13.8. The van der Waals surface area contributed by atoms with Crippen molar-refractivity contribution in [2.75, 3.05) is 33.4 Å². The van der Waals surface area contributed by atoms with Crippen molar-refractivity contribution in [1.29, 1.82) is 0 Å². The van der Waals surface area contributed by atoms with Gasteiger partial charge in [0.25, 0.3) is 5.91 Å². The van der Waals surface area contributed by atoms with Gasteiger partial charge in [0.1, 0.15) is 22.7 Å². The van der Waals surface area contributed by atoms with Gasteiger partial charge in [-0.15, -0.1) is 0 Å². The monoisotopic (exact) mass is 650 g/mol. The van der Waals surface area contributed by atoms with E-state index in [1.807, 2.05) is 20.8 Å². The van der Waals surface area contributed by atoms with Crippen LogP contribution in [0.25, 0.3) is 11.0 Å². The molecule has 0 bridgehead atoms. The van der Waals surface area contributed by atoms with Crippen molar-refractivity contribution < 1.29 is 37.8 Å². The van der Waals surface area contributed by atoms with Crippen molar-refractivity contribution in [3.63, 3.8) is 0 Å². The highest BCUT2D eigenvalue weighted by molar-refractivity contribution is 6.17. The number of carbonyl (C=O) groups is 4. The van der Waals surface area contributed by atoms with E-state index in [-0.39, 0.29) is 36.2 Å². The fourth-order valence-electron chi connectivity index (χ4n) is 4.96. The summed E-state index contributed by atoms with van der Waals surface area (Å²) in [7, 11) is 1.30. The second-order valence-electron chi connectivity index (χ2n) is 13.8. The second kappa shape index (κ2) is 16.5. The minimum atomic E-state index is -0.577. The van der Waals surface area contributed by atoms with Crippen LogP contribution in [0, 0.1) is 5.41 Å². The van der Waals surface area contributed by atoms with Crippen LogP contribution in [-0.2, 0) is 20.7 Å². The lowest BCUT2D eigenvalue weighted by Gasteiger charge is -2.32. The topological polar surface area (TPSA) is 124 Å². The molecule has 0 radical (unpaired) electrons. The van der Waals surface area contributed by atoms with E-state index < -0.39 is 11.6 Å². The molecule has 10 nitrogen and oxygen atoms in total. The lowest BCUT2D eigenvalue weighted by Crippen LogP contribution is -2.42. The molecule has 256 valence electrons. The first kappa shape index (κ1) is 37.1. The van der Waals surface area contributed by atoms with Crippen molar-refractivity contribution in [3.05, 3.63) is 64.9 Å². The number of unbranched alkanes of at least 4 members (excludes halogenated alkanes) is 1. The van der Waals surface area contributed by atoms with Crippen molar-refractivity contribution in [2.45, 2.75) is 86.2 Å². The SMILES string of the molecule is CCCCc1oc2ccc(C(=O)NCCC(=O)OC)cc2c1C(=O)c1ccc(OCCCN(CC(C)(C)C)C(=O)OC(C)(C)C)cc1. The van der Waals surface area contributed by atoms with Crippen molar-refractivity contribution in [3.8, 4) is 5.75 Å². The molecule has 0 saturated heterocycles. The molecule has 1 aromatic heterocycles. The maximum Gasteiger partial charge on any atom is 0.410 e. The molecule has 10 heteroatoms. The van der Waals surface area contributed by atoms with Crippen molar-refractivity contribution >= 4 is 34.7 Å². The minimum Gasteiger partial charge on any atom is -0.494 e. The predicted octanol–water partition coefficient (Wildman–Crippen LogP) is 7.35. The Morgan fingerprint density at radius 3 is 2.21 bits per heavy atom. The molecule has 0 aliphatic heterocycles. The summed E-state index contributed by atoms with van der Waals surface area (Å²) in [5.41, 5.74) is 1.12. The van der Waals surface area contributed by atoms with Gasteiger partial charge in [-0.3, -0.25) is 14.4 Å². The van der Waals surface area contributed by atoms with Gasteiger partial charge < -0.3 is 28.8 Å². The number of hydrogen-bond donors (Lipinski definition) is 1. The maximum absolute atomic E-state index is 13.9. The van der Waals surface area contributed by atoms with Crippen LogP contribution < -0.4 is 10.1 Å². The smallest absolute Gasteiger partial charge is 0.410 e. The highest BCUT2D eigenvalue weighted by Crippen LogP contribution is 2.31. The number of esters is 1. The standard InChI is InChI=1S/C37H50N2O8/c1-9-10-12-30-32(28-23-26(15-18-29(28)46-30)34(42)38-20-19-31(40)44-8)33(41)25-13-16-27(17-14-25)45-22-11-21-39(24-36(2,3)4)35(43)47-37(5,6)7/h13-18,23H,9-12,19-22,24H2,1-8H3,(H,38,42). The number of ether oxygens (including phenoxy) is 3. The van der Waals surface area contributed by atoms with Crippen LogP contribution in [0.15, 0.2) is 46.9 Å². The number of carbonyl (C=O) groups excluding carboxylic acids is 4. The summed E-state index contributed by atoms with van der Waals surface area (Å²) in [5, 5.41) is 3.27. The fraction of sp³-hybridized carbons (Fsp3) is 0.514. The third kappa shape index (κ3) is 11.4. The molecule has 0 saturated carbocycles. The highest BCUT2D eigenvalue weighted by Gasteiger charge is 2.26. The number of aryl methyl sites for hydroxylation is 1. The molecule has 0 atom stereocenters. The molecule has 0 unspecified atom stereocenters. The number of rotatable bonds is 15. The van der Waals surface area contributed by atoms with Gasteiger partial charge in [-0.2, -0.15) is 0 Å². The van der Waals surface area contributed by atoms with Crippen LogP contribution >= 0.6 is 0 Å². The third-order valence-electron chi connectivity index (χ3n) is 7.12. The van der Waals surface area contributed by atoms with Crippen LogP contribution in [-0.4, -0.2) is 67.6 Å². The largest absolute Gasteiger partial charge is 0.494 e. The number of nitrogens with zero attached hydrogens (tertiary/aromatic N) is 1. The summed E-state index contributed by atoms with van der Waals surface area (Å²) in [5.74, 6) is 0.205. The van der Waals surface area contributed by atoms with Crippen molar-refractivity contribution in [1.82, 2.24) is 10.2 Å². The van der Waals surface area contributed by atoms with Gasteiger partial charge in [0.2, 0.25) is 0 Å². The molecular weight excluding hydrogens is 600 g/mol. The fourth-order valence-corrected chi connectivity index (χ4v) is 4.96. The van der Waals surface area contributed by atoms with Crippen LogP contribution in [0.2, 0.25) is 0 Å². The number of ketones is 1. The molecule has 3 aromatic rings. The first-order valence-corrected chi connectivity index (χ1v) is 16.3. The van der Waals surface area contributed by atoms with Crippen LogP contribution in [0.5, 0.6) is 5.75 Å². The van der Waals surface area contributed by atoms with Crippen LogP contribution in [0.3, 0.4) is 0 Å². The summed E-state index contributed by atoms with van der Waals surface area (Å²) in [6.07, 6.45) is 2.68. The Morgan fingerprint density at radius 2 is 1.60 bits per heavy atom. The number of furan rings is 1. The van der Waals surface area contributed by atoms with Gasteiger partial charge in [0, 0.05) is 42.6 Å². The van der Waals surface area contributed by atoms with E-state index in [1.165, 1.54) is 7.11 Å². The average Bonchev–Trinajstić information content (AvgIpc) is 3.37. The summed E-state index contributed by atoms with van der Waals surface area (Å²) in [6, 6.07) is 11.9. The van der Waals surface area contributed by atoms with Gasteiger partial charge >= 0.3 is 12.1 Å². The zero-order valence-electron chi connectivity index (χ0n) is 29.1. The number of nitrogens with one attached hydrogen (secondary N) is 1. The number of benzene rings is 2. The normalized spacial score (nSPS) is 11.7. The summed E-state index contributed by atoms with van der Waals surface area (Å²) < 4.78 is 22.3. The van der Waals surface area contributed by atoms with E-state index in [2.05, 4.69) is 37.7 Å². The summed E-state index contributed by atoms with van der Waals surface area (Å²) in [4.78, 5) is 52.6. The van der Waals surface area contributed by atoms with E-state index in [4.69, 9.17) is 13.9 Å². The molecule has 1 heterocycles. The lowest BCUT2D eigenvalue weighted by atomic mass is 9.96. The zero-order chi connectivity index (χ0) is 34.8. The van der Waals surface area contributed by atoms with Crippen LogP contribution in [0.4, 0.5) is 4.79 Å². The molecule has 2 amide bonds. The first-order chi connectivity index (χ1) is 22.1. The number of hydrogen-bond acceptors (Lipinski definition) is 8. The third-order valence-corrected chi connectivity index (χ3v) is 7.12. The Balaban J connectivity index is 1.72. The number of methoxy groups -OCH3 is 1. The Labute approximate surface area is 278 Å². The zero-order valence-corrected chi connectivity index (χ0v) is 29.1. The maximum atomic E-state index is 13.9. The molecule has 47 heavy (non-hydrogen) atoms. The van der Waals surface area contributed by atoms with Gasteiger partial charge in [-0.25, -0.2) is 4.79 Å². The molecule has 0 aliphatic carbocycles. The Bertz CT molecular complexity index is 1530. The van der Waals surface area contributed by atoms with E-state index in [1.54, 1.807) is 47.4 Å². The van der Waals surface area contributed by atoms with E-state index in [0.717, 1.165) is 12.8 Å². The Hall–Kier alpha value is -4.34. The van der Waals surface area contributed by atoms with Crippen LogP contribution in [0.1, 0.15) is 106 Å². The number of fused-ring (bicyclic) bond motifs is 1. The quantitative estimate of drug-likeness (QED) is 0.103. The summed E-state index contributed by atoms with van der Waals surface area (Å²) in [6.45, 7) is 15.4. The van der Waals surface area contributed by atoms with Gasteiger partial charge in [-0.1, -0.05) is 34.1 Å². The van der Waals surface area contributed by atoms with E-state index in [0.29, 0.717) is 71.7 Å². The van der Waals surface area contributed by atoms with E-state index in [9.17, 15) is 19.2 Å². The molecule has 1 N–H and O–H groups in total. The molecular formula is C37H50N2O8. The van der Waals surface area contributed by atoms with E-state index >= 15 is 0 Å². The summed E-state index contributed by atoms with van der Waals surface area (Å²) >= 11 is 0. The molecule has 0 fully saturated rings. The van der Waals surface area contributed by atoms with Crippen molar-refractivity contribution in [2.24, 2.45) is 5.41 Å². The van der Waals surface area contributed by atoms with Gasteiger partial charge in [-0.05, 0) is 81.5 Å². The van der Waals surface area contributed by atoms with Gasteiger partial charge in [0.15, 0.2) is 5.78 Å². The molecule has 0 spiro atoms. The Kier molecular flexibility index (Phi) is 13.0. The molecule has 0 aliphatic rings. The first-order valence-electron chi connectivity index (χ1n) is 16.3. The predicted molar refractivity (Wildman–Crippen MR) is 181 cm³/mol. The molecule has 2 aromatic carbocycles. The highest BCUT2D eigenvalue weighted by atomic mass is 16.6. The average molecular weight is 651 g/mol. The Morgan fingerprint density at radius 1 is 0.915 bits per heavy atom. The van der Waals surface area contributed by atoms with Gasteiger partial charge in [0.05, 0.1) is 25.7 Å².